The van der Waals surface area contributed by atoms with E-state index in [1.807, 2.05) is 24.6 Å². The van der Waals surface area contributed by atoms with Gasteiger partial charge in [0.25, 0.3) is 0 Å². The van der Waals surface area contributed by atoms with E-state index >= 15 is 0 Å². The van der Waals surface area contributed by atoms with E-state index in [-0.39, 0.29) is 0 Å². The summed E-state index contributed by atoms with van der Waals surface area (Å²) in [5.74, 6) is 0. The van der Waals surface area contributed by atoms with E-state index in [1.54, 1.807) is 0 Å². The van der Waals surface area contributed by atoms with Crippen LogP contribution in [0.2, 0.25) is 0 Å². The lowest BCUT2D eigenvalue weighted by Crippen LogP contribution is -2.01. The molecule has 0 spiro atoms. The lowest BCUT2D eigenvalue weighted by molar-refractivity contribution is 0.568. The van der Waals surface area contributed by atoms with Crippen molar-refractivity contribution in [3.8, 4) is 6.07 Å². The van der Waals surface area contributed by atoms with Gasteiger partial charge in [-0.15, -0.1) is 0 Å². The third-order valence-electron chi connectivity index (χ3n) is 1.76. The third kappa shape index (κ3) is 2.09. The van der Waals surface area contributed by atoms with Gasteiger partial charge >= 0.3 is 0 Å². The molecule has 1 heterocycles. The predicted molar refractivity (Wildman–Crippen MR) is 46.5 cm³/mol. The number of aryl methyl sites for hydroxylation is 3. The molecule has 0 aromatic carbocycles. The van der Waals surface area contributed by atoms with Crippen LogP contribution in [0.3, 0.4) is 0 Å². The van der Waals surface area contributed by atoms with Crippen LogP contribution in [0.15, 0.2) is 6.07 Å². The number of hydrogen-bond donors (Lipinski definition) is 0. The molecule has 0 unspecified atom stereocenters. The number of nitrogens with zero attached hydrogens (tertiary/aromatic N) is 3. The SMILES string of the molecule is Cc1cc(C)n(CCCC#N)n1. The molecule has 64 valence electrons. The molecule has 0 aliphatic rings. The summed E-state index contributed by atoms with van der Waals surface area (Å²) in [7, 11) is 0. The molecule has 0 fully saturated rings. The molecule has 0 saturated heterocycles. The second kappa shape index (κ2) is 3.91. The minimum absolute atomic E-state index is 0.609. The lowest BCUT2D eigenvalue weighted by atomic mass is 10.3. The Bertz CT molecular complexity index is 293. The van der Waals surface area contributed by atoms with E-state index in [0.29, 0.717) is 6.42 Å². The Kier molecular flexibility index (Phi) is 2.87. The Morgan fingerprint density at radius 2 is 2.33 bits per heavy atom. The molecular weight excluding hydrogens is 150 g/mol. The second-order valence-corrected chi connectivity index (χ2v) is 2.91. The molecule has 3 heteroatoms. The van der Waals surface area contributed by atoms with Gasteiger partial charge in [-0.3, -0.25) is 4.68 Å². The van der Waals surface area contributed by atoms with E-state index in [4.69, 9.17) is 5.26 Å². The maximum atomic E-state index is 8.34. The highest BCUT2D eigenvalue weighted by Crippen LogP contribution is 2.03. The molecule has 0 aliphatic heterocycles. The minimum Gasteiger partial charge on any atom is -0.270 e. The molecule has 1 aromatic heterocycles. The Morgan fingerprint density at radius 3 is 2.83 bits per heavy atom. The van der Waals surface area contributed by atoms with E-state index in [1.165, 1.54) is 5.69 Å². The van der Waals surface area contributed by atoms with Gasteiger partial charge in [0.15, 0.2) is 0 Å². The first-order valence-electron chi connectivity index (χ1n) is 4.12. The van der Waals surface area contributed by atoms with Crippen molar-refractivity contribution in [2.75, 3.05) is 0 Å². The topological polar surface area (TPSA) is 41.6 Å². The average molecular weight is 163 g/mol. The van der Waals surface area contributed by atoms with Gasteiger partial charge in [-0.2, -0.15) is 10.4 Å². The van der Waals surface area contributed by atoms with Gasteiger partial charge in [0.2, 0.25) is 0 Å². The van der Waals surface area contributed by atoms with Crippen LogP contribution in [0.1, 0.15) is 24.2 Å². The number of hydrogen-bond acceptors (Lipinski definition) is 2. The van der Waals surface area contributed by atoms with Crippen molar-refractivity contribution in [2.24, 2.45) is 0 Å². The molecule has 1 rings (SSSR count). The van der Waals surface area contributed by atoms with Crippen LogP contribution in [0, 0.1) is 25.2 Å². The van der Waals surface area contributed by atoms with E-state index in [9.17, 15) is 0 Å². The Morgan fingerprint density at radius 1 is 1.58 bits per heavy atom. The first-order chi connectivity index (χ1) is 5.74. The quantitative estimate of drug-likeness (QED) is 0.637. The summed E-state index contributed by atoms with van der Waals surface area (Å²) < 4.78 is 1.95. The highest BCUT2D eigenvalue weighted by Gasteiger charge is 1.98. The summed E-state index contributed by atoms with van der Waals surface area (Å²) in [4.78, 5) is 0. The Balaban J connectivity index is 2.52. The van der Waals surface area contributed by atoms with Crippen LogP contribution < -0.4 is 0 Å². The smallest absolute Gasteiger partial charge is 0.0622 e. The van der Waals surface area contributed by atoms with Crippen molar-refractivity contribution in [3.05, 3.63) is 17.5 Å². The van der Waals surface area contributed by atoms with Crippen LogP contribution in [0.5, 0.6) is 0 Å². The largest absolute Gasteiger partial charge is 0.270 e. The van der Waals surface area contributed by atoms with Crippen LogP contribution in [0.25, 0.3) is 0 Å². The van der Waals surface area contributed by atoms with Gasteiger partial charge < -0.3 is 0 Å². The summed E-state index contributed by atoms with van der Waals surface area (Å²) in [6.45, 7) is 4.87. The fourth-order valence-electron chi connectivity index (χ4n) is 1.21. The third-order valence-corrected chi connectivity index (χ3v) is 1.76. The van der Waals surface area contributed by atoms with Gasteiger partial charge in [-0.05, 0) is 26.3 Å². The lowest BCUT2D eigenvalue weighted by Gasteiger charge is -2.00. The fourth-order valence-corrected chi connectivity index (χ4v) is 1.21. The minimum atomic E-state index is 0.609. The molecular formula is C9H13N3. The first kappa shape index (κ1) is 8.79. The Hall–Kier alpha value is -1.30. The number of nitriles is 1. The van der Waals surface area contributed by atoms with Gasteiger partial charge in [0, 0.05) is 18.7 Å². The molecule has 0 amide bonds. The predicted octanol–water partition coefficient (Wildman–Crippen LogP) is 1.80. The van der Waals surface area contributed by atoms with Crippen LogP contribution >= 0.6 is 0 Å². The molecule has 0 saturated carbocycles. The molecule has 0 atom stereocenters. The zero-order valence-electron chi connectivity index (χ0n) is 7.54. The van der Waals surface area contributed by atoms with Crippen molar-refractivity contribution >= 4 is 0 Å². The van der Waals surface area contributed by atoms with E-state index in [0.717, 1.165) is 18.7 Å². The normalized spacial score (nSPS) is 9.75. The molecule has 0 radical (unpaired) electrons. The van der Waals surface area contributed by atoms with Crippen LogP contribution in [-0.4, -0.2) is 9.78 Å². The van der Waals surface area contributed by atoms with Crippen molar-refractivity contribution in [1.82, 2.24) is 9.78 Å². The van der Waals surface area contributed by atoms with Crippen molar-refractivity contribution in [2.45, 2.75) is 33.2 Å². The molecule has 0 N–H and O–H groups in total. The van der Waals surface area contributed by atoms with Crippen LogP contribution in [0.4, 0.5) is 0 Å². The zero-order valence-corrected chi connectivity index (χ0v) is 7.54. The molecule has 0 bridgehead atoms. The van der Waals surface area contributed by atoms with Crippen molar-refractivity contribution in [3.63, 3.8) is 0 Å². The first-order valence-corrected chi connectivity index (χ1v) is 4.12. The van der Waals surface area contributed by atoms with Gasteiger partial charge in [-0.1, -0.05) is 0 Å². The molecule has 1 aromatic rings. The fraction of sp³-hybridized carbons (Fsp3) is 0.556. The highest BCUT2D eigenvalue weighted by atomic mass is 15.3. The Labute approximate surface area is 72.6 Å². The monoisotopic (exact) mass is 163 g/mol. The molecule has 12 heavy (non-hydrogen) atoms. The number of rotatable bonds is 3. The van der Waals surface area contributed by atoms with Gasteiger partial charge in [0.1, 0.15) is 0 Å². The highest BCUT2D eigenvalue weighted by molar-refractivity contribution is 5.06. The average Bonchev–Trinajstić information content (AvgIpc) is 2.31. The summed E-state index contributed by atoms with van der Waals surface area (Å²) in [6, 6.07) is 4.17. The summed E-state index contributed by atoms with van der Waals surface area (Å²) in [5.41, 5.74) is 2.22. The van der Waals surface area contributed by atoms with E-state index in [2.05, 4.69) is 11.2 Å². The molecule has 3 nitrogen and oxygen atoms in total. The summed E-state index contributed by atoms with van der Waals surface area (Å²) in [6.07, 6.45) is 1.50. The maximum absolute atomic E-state index is 8.34. The second-order valence-electron chi connectivity index (χ2n) is 2.91. The summed E-state index contributed by atoms with van der Waals surface area (Å²) in [5, 5.41) is 12.6. The van der Waals surface area contributed by atoms with Gasteiger partial charge in [-0.25, -0.2) is 0 Å². The maximum Gasteiger partial charge on any atom is 0.0622 e. The zero-order chi connectivity index (χ0) is 8.97. The molecule has 0 aliphatic carbocycles. The van der Waals surface area contributed by atoms with Crippen molar-refractivity contribution in [1.29, 1.82) is 5.26 Å². The number of aromatic nitrogens is 2. The van der Waals surface area contributed by atoms with Crippen LogP contribution in [-0.2, 0) is 6.54 Å². The standard InChI is InChI=1S/C9H13N3/c1-8-7-9(2)12(11-8)6-4-3-5-10/h7H,3-4,6H2,1-2H3. The van der Waals surface area contributed by atoms with E-state index < -0.39 is 0 Å². The van der Waals surface area contributed by atoms with Gasteiger partial charge in [0.05, 0.1) is 11.8 Å². The number of unbranched alkanes of at least 4 members (excludes halogenated alkanes) is 1. The summed E-state index contributed by atoms with van der Waals surface area (Å²) >= 11 is 0. The van der Waals surface area contributed by atoms with Crippen molar-refractivity contribution < 1.29 is 0 Å².